The van der Waals surface area contributed by atoms with Crippen LogP contribution in [-0.2, 0) is 0 Å². The van der Waals surface area contributed by atoms with Crippen LogP contribution in [0.2, 0.25) is 0 Å². The fourth-order valence-corrected chi connectivity index (χ4v) is 3.08. The Hall–Kier alpha value is -1.89. The summed E-state index contributed by atoms with van der Waals surface area (Å²) in [6, 6.07) is 0. The van der Waals surface area contributed by atoms with Crippen molar-refractivity contribution in [3.63, 3.8) is 0 Å². The minimum Gasteiger partial charge on any atom is -0.369 e. The van der Waals surface area contributed by atoms with Crippen molar-refractivity contribution < 1.29 is 0 Å². The molecule has 0 aromatic carbocycles. The molecule has 0 bridgehead atoms. The standard InChI is InChI=1S/C13H21N7/c1-12(2)8(13(12,3)4)6-15-9-7-5-16-20-10(7)18-11(17-9)19-14/h5,8H,6,14H2,1-4H3,(H3,15,16,17,18,19,20). The van der Waals surface area contributed by atoms with Crippen LogP contribution in [0.15, 0.2) is 6.20 Å². The molecule has 7 nitrogen and oxygen atoms in total. The fourth-order valence-electron chi connectivity index (χ4n) is 3.08. The third kappa shape index (κ3) is 1.73. The lowest BCUT2D eigenvalue weighted by Gasteiger charge is -2.09. The van der Waals surface area contributed by atoms with E-state index in [-0.39, 0.29) is 0 Å². The van der Waals surface area contributed by atoms with Crippen molar-refractivity contribution in [2.24, 2.45) is 22.6 Å². The predicted molar refractivity (Wildman–Crippen MR) is 79.0 cm³/mol. The Kier molecular flexibility index (Phi) is 2.66. The zero-order chi connectivity index (χ0) is 14.5. The van der Waals surface area contributed by atoms with E-state index in [0.29, 0.717) is 28.3 Å². The predicted octanol–water partition coefficient (Wildman–Crippen LogP) is 1.73. The SMILES string of the molecule is CC1(C)C(CNc2nc(NN)nc3[nH]ncc23)C1(C)C. The summed E-state index contributed by atoms with van der Waals surface area (Å²) in [5.41, 5.74) is 3.84. The van der Waals surface area contributed by atoms with Crippen LogP contribution in [0.1, 0.15) is 27.7 Å². The molecule has 0 unspecified atom stereocenters. The molecule has 2 aromatic heterocycles. The van der Waals surface area contributed by atoms with E-state index in [0.717, 1.165) is 17.7 Å². The summed E-state index contributed by atoms with van der Waals surface area (Å²) in [5, 5.41) is 11.1. The zero-order valence-corrected chi connectivity index (χ0v) is 12.3. The summed E-state index contributed by atoms with van der Waals surface area (Å²) in [4.78, 5) is 8.58. The number of aromatic nitrogens is 4. The van der Waals surface area contributed by atoms with Crippen molar-refractivity contribution in [3.8, 4) is 0 Å². The van der Waals surface area contributed by atoms with Crippen LogP contribution in [0.3, 0.4) is 0 Å². The maximum atomic E-state index is 5.40. The number of rotatable bonds is 4. The van der Waals surface area contributed by atoms with Crippen molar-refractivity contribution in [1.29, 1.82) is 0 Å². The molecule has 0 spiro atoms. The van der Waals surface area contributed by atoms with Crippen molar-refractivity contribution in [2.45, 2.75) is 27.7 Å². The highest BCUT2D eigenvalue weighted by Crippen LogP contribution is 2.68. The highest BCUT2D eigenvalue weighted by atomic mass is 15.3. The van der Waals surface area contributed by atoms with Crippen molar-refractivity contribution >= 4 is 22.8 Å². The van der Waals surface area contributed by atoms with E-state index in [1.807, 2.05) is 0 Å². The number of nitrogen functional groups attached to an aromatic ring is 1. The van der Waals surface area contributed by atoms with Crippen molar-refractivity contribution in [2.75, 3.05) is 17.3 Å². The summed E-state index contributed by atoms with van der Waals surface area (Å²) in [7, 11) is 0. The van der Waals surface area contributed by atoms with E-state index < -0.39 is 0 Å². The Bertz CT molecular complexity index is 629. The Morgan fingerprint density at radius 3 is 2.55 bits per heavy atom. The van der Waals surface area contributed by atoms with Gasteiger partial charge in [-0.05, 0) is 16.7 Å². The molecule has 0 aliphatic heterocycles. The first-order chi connectivity index (χ1) is 9.38. The number of nitrogens with one attached hydrogen (secondary N) is 3. The Morgan fingerprint density at radius 2 is 1.95 bits per heavy atom. The summed E-state index contributed by atoms with van der Waals surface area (Å²) in [6.45, 7) is 10.1. The molecule has 1 aliphatic rings. The number of hydrogen-bond acceptors (Lipinski definition) is 6. The molecule has 0 saturated heterocycles. The molecule has 0 amide bonds. The molecule has 0 radical (unpaired) electrons. The van der Waals surface area contributed by atoms with E-state index >= 15 is 0 Å². The van der Waals surface area contributed by atoms with Crippen LogP contribution in [0.5, 0.6) is 0 Å². The normalized spacial score (nSPS) is 20.1. The lowest BCUT2D eigenvalue weighted by molar-refractivity contribution is 0.457. The zero-order valence-electron chi connectivity index (χ0n) is 12.3. The van der Waals surface area contributed by atoms with E-state index in [1.165, 1.54) is 0 Å². The van der Waals surface area contributed by atoms with Gasteiger partial charge in [-0.15, -0.1) is 0 Å². The number of nitrogens with two attached hydrogens (primary N) is 1. The number of hydrogen-bond donors (Lipinski definition) is 4. The lowest BCUT2D eigenvalue weighted by Crippen LogP contribution is -2.14. The lowest BCUT2D eigenvalue weighted by atomic mass is 10.0. The molecule has 2 heterocycles. The largest absolute Gasteiger partial charge is 0.369 e. The number of aromatic amines is 1. The van der Waals surface area contributed by atoms with Crippen LogP contribution in [0.4, 0.5) is 11.8 Å². The minimum atomic E-state index is 0.345. The molecule has 1 aliphatic carbocycles. The quantitative estimate of drug-likeness (QED) is 0.500. The van der Waals surface area contributed by atoms with Crippen LogP contribution in [0.25, 0.3) is 11.0 Å². The third-order valence-electron chi connectivity index (χ3n) is 5.23. The average Bonchev–Trinajstić information content (AvgIpc) is 2.76. The fraction of sp³-hybridized carbons (Fsp3) is 0.615. The Balaban J connectivity index is 1.83. The van der Waals surface area contributed by atoms with Crippen LogP contribution in [-0.4, -0.2) is 26.7 Å². The van der Waals surface area contributed by atoms with E-state index in [4.69, 9.17) is 5.84 Å². The van der Waals surface area contributed by atoms with E-state index in [2.05, 4.69) is 58.6 Å². The minimum absolute atomic E-state index is 0.345. The number of nitrogens with zero attached hydrogens (tertiary/aromatic N) is 3. The molecule has 0 atom stereocenters. The maximum Gasteiger partial charge on any atom is 0.241 e. The van der Waals surface area contributed by atoms with Crippen LogP contribution in [0, 0.1) is 16.7 Å². The summed E-state index contributed by atoms with van der Waals surface area (Å²) >= 11 is 0. The molecule has 1 saturated carbocycles. The number of fused-ring (bicyclic) bond motifs is 1. The number of H-pyrrole nitrogens is 1. The molecule has 20 heavy (non-hydrogen) atoms. The van der Waals surface area contributed by atoms with Gasteiger partial charge in [0.05, 0.1) is 11.6 Å². The Labute approximate surface area is 117 Å². The van der Waals surface area contributed by atoms with Crippen LogP contribution >= 0.6 is 0 Å². The van der Waals surface area contributed by atoms with Gasteiger partial charge in [0, 0.05) is 6.54 Å². The highest BCUT2D eigenvalue weighted by Gasteiger charge is 2.64. The molecular formula is C13H21N7. The molecule has 5 N–H and O–H groups in total. The highest BCUT2D eigenvalue weighted by molar-refractivity contribution is 5.86. The van der Waals surface area contributed by atoms with Gasteiger partial charge in [-0.1, -0.05) is 27.7 Å². The molecule has 7 heteroatoms. The van der Waals surface area contributed by atoms with Gasteiger partial charge in [-0.25, -0.2) is 5.84 Å². The topological polar surface area (TPSA) is 105 Å². The van der Waals surface area contributed by atoms with Gasteiger partial charge >= 0.3 is 0 Å². The van der Waals surface area contributed by atoms with Gasteiger partial charge in [-0.2, -0.15) is 15.1 Å². The second-order valence-electron chi connectivity index (χ2n) is 6.55. The molecule has 108 valence electrons. The molecule has 1 fully saturated rings. The van der Waals surface area contributed by atoms with Gasteiger partial charge in [0.2, 0.25) is 5.95 Å². The Morgan fingerprint density at radius 1 is 1.25 bits per heavy atom. The third-order valence-corrected chi connectivity index (χ3v) is 5.23. The first kappa shape index (κ1) is 13.1. The number of anilines is 2. The average molecular weight is 275 g/mol. The van der Waals surface area contributed by atoms with Gasteiger partial charge < -0.3 is 5.32 Å². The second-order valence-corrected chi connectivity index (χ2v) is 6.55. The van der Waals surface area contributed by atoms with Gasteiger partial charge in [0.15, 0.2) is 5.65 Å². The summed E-state index contributed by atoms with van der Waals surface area (Å²) in [5.74, 6) is 7.14. The molecule has 2 aromatic rings. The second kappa shape index (κ2) is 4.05. The van der Waals surface area contributed by atoms with Gasteiger partial charge in [0.1, 0.15) is 5.82 Å². The van der Waals surface area contributed by atoms with Crippen LogP contribution < -0.4 is 16.6 Å². The smallest absolute Gasteiger partial charge is 0.241 e. The molecular weight excluding hydrogens is 254 g/mol. The molecule has 3 rings (SSSR count). The summed E-state index contributed by atoms with van der Waals surface area (Å²) in [6.07, 6.45) is 1.72. The first-order valence-corrected chi connectivity index (χ1v) is 6.79. The monoisotopic (exact) mass is 275 g/mol. The number of hydrazine groups is 1. The first-order valence-electron chi connectivity index (χ1n) is 6.79. The van der Waals surface area contributed by atoms with Gasteiger partial charge in [-0.3, -0.25) is 10.5 Å². The summed E-state index contributed by atoms with van der Waals surface area (Å²) < 4.78 is 0. The van der Waals surface area contributed by atoms with Gasteiger partial charge in [0.25, 0.3) is 0 Å². The van der Waals surface area contributed by atoms with E-state index in [9.17, 15) is 0 Å². The van der Waals surface area contributed by atoms with Crippen molar-refractivity contribution in [1.82, 2.24) is 20.2 Å². The maximum absolute atomic E-state index is 5.40. The van der Waals surface area contributed by atoms with Crippen molar-refractivity contribution in [3.05, 3.63) is 6.20 Å². The van der Waals surface area contributed by atoms with E-state index in [1.54, 1.807) is 6.20 Å².